The minimum absolute atomic E-state index is 0.441. The SMILES string of the molecule is Cc1cc(N)ccc1-c1cc2ccccc2nc1C#N. The quantitative estimate of drug-likeness (QED) is 0.678. The van der Waals surface area contributed by atoms with Gasteiger partial charge in [-0.1, -0.05) is 24.3 Å². The maximum Gasteiger partial charge on any atom is 0.149 e. The molecule has 0 saturated heterocycles. The molecule has 0 spiro atoms. The first kappa shape index (κ1) is 12.2. The molecule has 3 heteroatoms. The van der Waals surface area contributed by atoms with E-state index in [0.29, 0.717) is 5.69 Å². The van der Waals surface area contributed by atoms with Crippen LogP contribution in [0.2, 0.25) is 0 Å². The van der Waals surface area contributed by atoms with Crippen molar-refractivity contribution in [3.63, 3.8) is 0 Å². The van der Waals surface area contributed by atoms with Crippen molar-refractivity contribution in [2.75, 3.05) is 5.73 Å². The average Bonchev–Trinajstić information content (AvgIpc) is 2.46. The number of pyridine rings is 1. The number of hydrogen-bond donors (Lipinski definition) is 1. The van der Waals surface area contributed by atoms with Gasteiger partial charge in [0.15, 0.2) is 0 Å². The standard InChI is InChI=1S/C17H13N3/c1-11-8-13(19)6-7-14(11)15-9-12-4-2-3-5-16(12)20-17(15)10-18/h2-9H,19H2,1H3. The number of nitriles is 1. The largest absolute Gasteiger partial charge is 0.399 e. The molecule has 1 aromatic heterocycles. The second-order valence-corrected chi connectivity index (χ2v) is 4.76. The molecule has 1 heterocycles. The highest BCUT2D eigenvalue weighted by atomic mass is 14.7. The fourth-order valence-corrected chi connectivity index (χ4v) is 2.40. The van der Waals surface area contributed by atoms with Crippen molar-refractivity contribution in [2.45, 2.75) is 6.92 Å². The van der Waals surface area contributed by atoms with Crippen molar-refractivity contribution in [3.8, 4) is 17.2 Å². The summed E-state index contributed by atoms with van der Waals surface area (Å²) in [6.45, 7) is 1.99. The van der Waals surface area contributed by atoms with E-state index in [2.05, 4.69) is 11.1 Å². The molecule has 0 aliphatic heterocycles. The van der Waals surface area contributed by atoms with E-state index in [4.69, 9.17) is 5.73 Å². The number of nitrogens with zero attached hydrogens (tertiary/aromatic N) is 2. The molecule has 2 aromatic carbocycles. The third kappa shape index (κ3) is 1.98. The van der Waals surface area contributed by atoms with Crippen molar-refractivity contribution in [3.05, 3.63) is 59.8 Å². The summed E-state index contributed by atoms with van der Waals surface area (Å²) in [5.74, 6) is 0. The van der Waals surface area contributed by atoms with E-state index in [1.54, 1.807) is 0 Å². The molecule has 0 aliphatic rings. The Morgan fingerprint density at radius 3 is 2.60 bits per heavy atom. The molecule has 3 aromatic rings. The summed E-state index contributed by atoms with van der Waals surface area (Å²) in [6.07, 6.45) is 0. The number of aromatic nitrogens is 1. The maximum atomic E-state index is 9.35. The number of anilines is 1. The van der Waals surface area contributed by atoms with Crippen molar-refractivity contribution < 1.29 is 0 Å². The van der Waals surface area contributed by atoms with Gasteiger partial charge in [0.25, 0.3) is 0 Å². The van der Waals surface area contributed by atoms with Gasteiger partial charge in [0.2, 0.25) is 0 Å². The Morgan fingerprint density at radius 2 is 1.85 bits per heavy atom. The van der Waals surface area contributed by atoms with E-state index in [-0.39, 0.29) is 0 Å². The summed E-state index contributed by atoms with van der Waals surface area (Å²) in [7, 11) is 0. The minimum atomic E-state index is 0.441. The molecule has 0 fully saturated rings. The lowest BCUT2D eigenvalue weighted by Crippen LogP contribution is -1.94. The Hall–Kier alpha value is -2.86. The van der Waals surface area contributed by atoms with E-state index in [1.165, 1.54) is 0 Å². The van der Waals surface area contributed by atoms with Crippen molar-refractivity contribution in [1.82, 2.24) is 4.98 Å². The van der Waals surface area contributed by atoms with Crippen LogP contribution < -0.4 is 5.73 Å². The van der Waals surface area contributed by atoms with Crippen LogP contribution in [0.15, 0.2) is 48.5 Å². The van der Waals surface area contributed by atoms with Gasteiger partial charge >= 0.3 is 0 Å². The van der Waals surface area contributed by atoms with Crippen LogP contribution in [0.5, 0.6) is 0 Å². The zero-order valence-electron chi connectivity index (χ0n) is 11.1. The Labute approximate surface area is 117 Å². The first-order valence-corrected chi connectivity index (χ1v) is 6.35. The van der Waals surface area contributed by atoms with Crippen LogP contribution in [0.25, 0.3) is 22.0 Å². The molecule has 96 valence electrons. The number of benzene rings is 2. The third-order valence-corrected chi connectivity index (χ3v) is 3.37. The van der Waals surface area contributed by atoms with Gasteiger partial charge in [-0.2, -0.15) is 5.26 Å². The summed E-state index contributed by atoms with van der Waals surface area (Å²) in [5, 5.41) is 10.4. The third-order valence-electron chi connectivity index (χ3n) is 3.37. The number of nitrogen functional groups attached to an aromatic ring is 1. The molecule has 0 saturated carbocycles. The second-order valence-electron chi connectivity index (χ2n) is 4.76. The van der Waals surface area contributed by atoms with Crippen LogP contribution in [0.3, 0.4) is 0 Å². The van der Waals surface area contributed by atoms with Crippen LogP contribution >= 0.6 is 0 Å². The highest BCUT2D eigenvalue weighted by molar-refractivity contribution is 5.87. The van der Waals surface area contributed by atoms with E-state index in [9.17, 15) is 5.26 Å². The summed E-state index contributed by atoms with van der Waals surface area (Å²) in [4.78, 5) is 4.44. The van der Waals surface area contributed by atoms with E-state index < -0.39 is 0 Å². The molecule has 0 amide bonds. The number of aryl methyl sites for hydroxylation is 1. The first-order chi connectivity index (χ1) is 9.69. The Kier molecular flexibility index (Phi) is 2.85. The maximum absolute atomic E-state index is 9.35. The van der Waals surface area contributed by atoms with Gasteiger partial charge in [0.1, 0.15) is 11.8 Å². The van der Waals surface area contributed by atoms with E-state index >= 15 is 0 Å². The highest BCUT2D eigenvalue weighted by Crippen LogP contribution is 2.29. The summed E-state index contributed by atoms with van der Waals surface area (Å²) >= 11 is 0. The Morgan fingerprint density at radius 1 is 1.05 bits per heavy atom. The van der Waals surface area contributed by atoms with Gasteiger partial charge in [-0.25, -0.2) is 4.98 Å². The molecule has 0 bridgehead atoms. The fraction of sp³-hybridized carbons (Fsp3) is 0.0588. The lowest BCUT2D eigenvalue weighted by molar-refractivity contribution is 1.31. The van der Waals surface area contributed by atoms with Crippen molar-refractivity contribution in [1.29, 1.82) is 5.26 Å². The van der Waals surface area contributed by atoms with Crippen molar-refractivity contribution >= 4 is 16.6 Å². The van der Waals surface area contributed by atoms with Gasteiger partial charge in [0, 0.05) is 16.6 Å². The molecule has 0 aliphatic carbocycles. The van der Waals surface area contributed by atoms with Gasteiger partial charge < -0.3 is 5.73 Å². The van der Waals surface area contributed by atoms with Gasteiger partial charge in [-0.15, -0.1) is 0 Å². The van der Waals surface area contributed by atoms with Crippen LogP contribution in [0, 0.1) is 18.3 Å². The minimum Gasteiger partial charge on any atom is -0.399 e. The van der Waals surface area contributed by atoms with Crippen LogP contribution in [0.1, 0.15) is 11.3 Å². The zero-order chi connectivity index (χ0) is 14.1. The second kappa shape index (κ2) is 4.67. The lowest BCUT2D eigenvalue weighted by Gasteiger charge is -2.09. The smallest absolute Gasteiger partial charge is 0.149 e. The number of fused-ring (bicyclic) bond motifs is 1. The molecular weight excluding hydrogens is 246 g/mol. The predicted molar refractivity (Wildman–Crippen MR) is 81.0 cm³/mol. The Balaban J connectivity index is 2.32. The van der Waals surface area contributed by atoms with Crippen LogP contribution in [-0.4, -0.2) is 4.98 Å². The number of hydrogen-bond acceptors (Lipinski definition) is 3. The lowest BCUT2D eigenvalue weighted by atomic mass is 9.97. The molecule has 0 radical (unpaired) electrons. The van der Waals surface area contributed by atoms with Gasteiger partial charge in [-0.05, 0) is 42.3 Å². The van der Waals surface area contributed by atoms with Gasteiger partial charge in [0.05, 0.1) is 5.52 Å². The van der Waals surface area contributed by atoms with Crippen LogP contribution in [0.4, 0.5) is 5.69 Å². The number of nitrogens with two attached hydrogens (primary N) is 1. The molecule has 20 heavy (non-hydrogen) atoms. The zero-order valence-corrected chi connectivity index (χ0v) is 11.1. The van der Waals surface area contributed by atoms with E-state index in [1.807, 2.05) is 55.5 Å². The topological polar surface area (TPSA) is 62.7 Å². The fourth-order valence-electron chi connectivity index (χ4n) is 2.40. The van der Waals surface area contributed by atoms with Crippen molar-refractivity contribution in [2.24, 2.45) is 0 Å². The van der Waals surface area contributed by atoms with E-state index in [0.717, 1.165) is 33.3 Å². The molecule has 3 rings (SSSR count). The monoisotopic (exact) mass is 259 g/mol. The van der Waals surface area contributed by atoms with Crippen LogP contribution in [-0.2, 0) is 0 Å². The van der Waals surface area contributed by atoms with Gasteiger partial charge in [-0.3, -0.25) is 0 Å². The summed E-state index contributed by atoms with van der Waals surface area (Å²) in [6, 6.07) is 17.7. The summed E-state index contributed by atoms with van der Waals surface area (Å²) in [5.41, 5.74) is 10.7. The predicted octanol–water partition coefficient (Wildman–Crippen LogP) is 3.66. The molecule has 0 unspecified atom stereocenters. The number of rotatable bonds is 1. The molecule has 2 N–H and O–H groups in total. The average molecular weight is 259 g/mol. The number of para-hydroxylation sites is 1. The first-order valence-electron chi connectivity index (χ1n) is 6.35. The summed E-state index contributed by atoms with van der Waals surface area (Å²) < 4.78 is 0. The molecule has 0 atom stereocenters. The molecular formula is C17H13N3. The Bertz CT molecular complexity index is 844. The molecule has 3 nitrogen and oxygen atoms in total. The highest BCUT2D eigenvalue weighted by Gasteiger charge is 2.10. The normalized spacial score (nSPS) is 10.4.